The molecule has 8 aromatic carbocycles. The van der Waals surface area contributed by atoms with Gasteiger partial charge in [0, 0.05) is 28.1 Å². The predicted molar refractivity (Wildman–Crippen MR) is 220 cm³/mol. The maximum Gasteiger partial charge on any atom is 0.137 e. The third kappa shape index (κ3) is 4.66. The Morgan fingerprint density at radius 1 is 0.377 bits per heavy atom. The minimum absolute atomic E-state index is 0.853. The highest BCUT2D eigenvalue weighted by Gasteiger charge is 2.20. The first-order chi connectivity index (χ1) is 26.3. The number of aromatic nitrogens is 4. The highest BCUT2D eigenvalue weighted by molar-refractivity contribution is 6.31. The van der Waals surface area contributed by atoms with E-state index in [1.807, 2.05) is 12.1 Å². The topological polar surface area (TPSA) is 43.1 Å². The molecule has 0 atom stereocenters. The Bertz CT molecular complexity index is 3200. The average Bonchev–Trinajstić information content (AvgIpc) is 3.63. The Hall–Kier alpha value is -7.17. The van der Waals surface area contributed by atoms with Crippen LogP contribution in [0.4, 0.5) is 0 Å². The molecule has 0 radical (unpaired) electrons. The molecule has 3 aromatic heterocycles. The van der Waals surface area contributed by atoms with Crippen LogP contribution < -0.4 is 0 Å². The van der Waals surface area contributed by atoms with Gasteiger partial charge >= 0.3 is 0 Å². The van der Waals surface area contributed by atoms with E-state index in [0.29, 0.717) is 0 Å². The lowest BCUT2D eigenvalue weighted by atomic mass is 9.89. The average molecular weight is 675 g/mol. The molecular formula is C49H30N4. The molecule has 0 spiro atoms. The van der Waals surface area contributed by atoms with Gasteiger partial charge in [-0.3, -0.25) is 4.40 Å². The molecule has 11 rings (SSSR count). The zero-order valence-electron chi connectivity index (χ0n) is 28.6. The third-order valence-electron chi connectivity index (χ3n) is 10.6. The number of imidazole rings is 1. The normalized spacial score (nSPS) is 11.8. The van der Waals surface area contributed by atoms with Gasteiger partial charge in [0.05, 0.1) is 33.5 Å². The van der Waals surface area contributed by atoms with Crippen molar-refractivity contribution in [3.63, 3.8) is 0 Å². The van der Waals surface area contributed by atoms with Gasteiger partial charge in [0.2, 0.25) is 0 Å². The van der Waals surface area contributed by atoms with Crippen molar-refractivity contribution in [2.45, 2.75) is 0 Å². The van der Waals surface area contributed by atoms with Gasteiger partial charge in [-0.15, -0.1) is 0 Å². The first-order valence-corrected chi connectivity index (χ1v) is 17.9. The number of hydrogen-bond donors (Lipinski definition) is 0. The Balaban J connectivity index is 1.25. The number of rotatable bonds is 4. The fraction of sp³-hybridized carbons (Fsp3) is 0. The maximum atomic E-state index is 5.39. The summed E-state index contributed by atoms with van der Waals surface area (Å²) in [4.78, 5) is 15.9. The molecule has 11 aromatic rings. The molecule has 3 heterocycles. The van der Waals surface area contributed by atoms with E-state index < -0.39 is 0 Å². The molecule has 0 bridgehead atoms. The largest absolute Gasteiger partial charge is 0.299 e. The monoisotopic (exact) mass is 674 g/mol. The maximum absolute atomic E-state index is 5.39. The molecule has 53 heavy (non-hydrogen) atoms. The van der Waals surface area contributed by atoms with Crippen LogP contribution in [0.15, 0.2) is 182 Å². The van der Waals surface area contributed by atoms with E-state index in [1.165, 1.54) is 26.9 Å². The lowest BCUT2D eigenvalue weighted by Crippen LogP contribution is -1.97. The third-order valence-corrected chi connectivity index (χ3v) is 10.6. The predicted octanol–water partition coefficient (Wildman–Crippen LogP) is 12.6. The van der Waals surface area contributed by atoms with Crippen LogP contribution in [-0.2, 0) is 0 Å². The summed E-state index contributed by atoms with van der Waals surface area (Å²) in [6, 6.07) is 62.1. The summed E-state index contributed by atoms with van der Waals surface area (Å²) in [5, 5.41) is 7.18. The standard InChI is InChI=1S/C49H30N4/c1-4-14-31(15-5-1)39-29-42-43(51-47(34-19-8-3-9-20-34)46(50-42)33-17-6-2-7-18-33)30-40(39)35-24-25-37-41(28-35)45-36-21-11-10-16-32(36)23-26-38(45)48-49(37)53-27-13-12-22-44(53)52-48/h1-30H. The summed E-state index contributed by atoms with van der Waals surface area (Å²) >= 11 is 0. The fourth-order valence-electron chi connectivity index (χ4n) is 8.12. The van der Waals surface area contributed by atoms with Gasteiger partial charge in [-0.2, -0.15) is 0 Å². The van der Waals surface area contributed by atoms with E-state index in [4.69, 9.17) is 15.0 Å². The van der Waals surface area contributed by atoms with Crippen LogP contribution in [0.3, 0.4) is 0 Å². The Labute approximate surface area is 305 Å². The lowest BCUT2D eigenvalue weighted by Gasteiger charge is -2.16. The van der Waals surface area contributed by atoms with Gasteiger partial charge in [-0.05, 0) is 74.1 Å². The zero-order valence-corrected chi connectivity index (χ0v) is 28.6. The zero-order chi connectivity index (χ0) is 34.9. The van der Waals surface area contributed by atoms with Crippen LogP contribution in [-0.4, -0.2) is 19.4 Å². The van der Waals surface area contributed by atoms with Crippen molar-refractivity contribution in [1.82, 2.24) is 19.4 Å². The number of benzene rings is 8. The van der Waals surface area contributed by atoms with Gasteiger partial charge in [0.15, 0.2) is 0 Å². The van der Waals surface area contributed by atoms with E-state index in [9.17, 15) is 0 Å². The molecule has 0 aliphatic heterocycles. The summed E-state index contributed by atoms with van der Waals surface area (Å²) in [5.41, 5.74) is 13.1. The van der Waals surface area contributed by atoms with Gasteiger partial charge in [0.1, 0.15) is 5.65 Å². The van der Waals surface area contributed by atoms with Crippen molar-refractivity contribution >= 4 is 60.0 Å². The first kappa shape index (κ1) is 29.5. The number of fused-ring (bicyclic) bond motifs is 11. The molecule has 4 heteroatoms. The van der Waals surface area contributed by atoms with Gasteiger partial charge in [-0.1, -0.05) is 146 Å². The fourth-order valence-corrected chi connectivity index (χ4v) is 8.12. The molecule has 0 amide bonds. The van der Waals surface area contributed by atoms with E-state index >= 15 is 0 Å². The van der Waals surface area contributed by atoms with Crippen LogP contribution in [0, 0.1) is 0 Å². The SMILES string of the molecule is c1ccc(-c2cc3nc(-c4ccccc4)c(-c4ccccc4)nc3cc2-c2ccc3c(c2)c2c4ccccc4ccc2c2nc4ccccn4c32)cc1. The summed E-state index contributed by atoms with van der Waals surface area (Å²) in [6.45, 7) is 0. The Morgan fingerprint density at radius 2 is 0.962 bits per heavy atom. The lowest BCUT2D eigenvalue weighted by molar-refractivity contribution is 1.23. The van der Waals surface area contributed by atoms with Gasteiger partial charge in [-0.25, -0.2) is 15.0 Å². The van der Waals surface area contributed by atoms with Crippen molar-refractivity contribution in [3.8, 4) is 44.8 Å². The van der Waals surface area contributed by atoms with Crippen LogP contribution in [0.5, 0.6) is 0 Å². The molecule has 0 N–H and O–H groups in total. The van der Waals surface area contributed by atoms with Crippen LogP contribution in [0.25, 0.3) is 105 Å². The second kappa shape index (κ2) is 11.7. The molecule has 0 aliphatic rings. The van der Waals surface area contributed by atoms with E-state index in [2.05, 4.69) is 174 Å². The van der Waals surface area contributed by atoms with Crippen molar-refractivity contribution in [1.29, 1.82) is 0 Å². The number of nitrogens with zero attached hydrogens (tertiary/aromatic N) is 4. The Kier molecular flexibility index (Phi) is 6.52. The van der Waals surface area contributed by atoms with Crippen LogP contribution in [0.1, 0.15) is 0 Å². The van der Waals surface area contributed by atoms with E-state index in [-0.39, 0.29) is 0 Å². The quantitative estimate of drug-likeness (QED) is 0.175. The highest BCUT2D eigenvalue weighted by Crippen LogP contribution is 2.43. The smallest absolute Gasteiger partial charge is 0.137 e. The summed E-state index contributed by atoms with van der Waals surface area (Å²) < 4.78 is 2.22. The number of hydrogen-bond acceptors (Lipinski definition) is 3. The molecule has 0 saturated heterocycles. The summed E-state index contributed by atoms with van der Waals surface area (Å²) in [7, 11) is 0. The van der Waals surface area contributed by atoms with Crippen molar-refractivity contribution in [2.75, 3.05) is 0 Å². The van der Waals surface area contributed by atoms with E-state index in [0.717, 1.165) is 77.9 Å². The summed E-state index contributed by atoms with van der Waals surface area (Å²) in [6.07, 6.45) is 2.12. The molecule has 0 fully saturated rings. The first-order valence-electron chi connectivity index (χ1n) is 17.9. The van der Waals surface area contributed by atoms with Gasteiger partial charge in [0.25, 0.3) is 0 Å². The number of pyridine rings is 1. The second-order valence-electron chi connectivity index (χ2n) is 13.6. The van der Waals surface area contributed by atoms with E-state index in [1.54, 1.807) is 0 Å². The molecule has 0 unspecified atom stereocenters. The minimum atomic E-state index is 0.853. The van der Waals surface area contributed by atoms with Crippen LogP contribution >= 0.6 is 0 Å². The minimum Gasteiger partial charge on any atom is -0.299 e. The second-order valence-corrected chi connectivity index (χ2v) is 13.6. The summed E-state index contributed by atoms with van der Waals surface area (Å²) in [5.74, 6) is 0. The van der Waals surface area contributed by atoms with Gasteiger partial charge < -0.3 is 0 Å². The van der Waals surface area contributed by atoms with Crippen molar-refractivity contribution in [3.05, 3.63) is 182 Å². The Morgan fingerprint density at radius 3 is 1.66 bits per heavy atom. The molecule has 0 saturated carbocycles. The van der Waals surface area contributed by atoms with Crippen molar-refractivity contribution < 1.29 is 0 Å². The molecular weight excluding hydrogens is 645 g/mol. The van der Waals surface area contributed by atoms with Crippen LogP contribution in [0.2, 0.25) is 0 Å². The van der Waals surface area contributed by atoms with Crippen molar-refractivity contribution in [2.24, 2.45) is 0 Å². The highest BCUT2D eigenvalue weighted by atomic mass is 15.0. The molecule has 246 valence electrons. The molecule has 4 nitrogen and oxygen atoms in total. The molecule has 0 aliphatic carbocycles.